The van der Waals surface area contributed by atoms with Crippen LogP contribution in [0.4, 0.5) is 0 Å². The van der Waals surface area contributed by atoms with Crippen LogP contribution in [0.25, 0.3) is 0 Å². The minimum absolute atomic E-state index is 0. The zero-order valence-electron chi connectivity index (χ0n) is 11.4. The minimum atomic E-state index is -0.728. The maximum absolute atomic E-state index is 12.2. The lowest BCUT2D eigenvalue weighted by Crippen LogP contribution is -2.58. The molecule has 0 spiro atoms. The topological polar surface area (TPSA) is 69.8 Å². The van der Waals surface area contributed by atoms with E-state index in [0.29, 0.717) is 6.54 Å². The molecule has 1 heterocycles. The lowest BCUT2D eigenvalue weighted by atomic mass is 9.95. The van der Waals surface area contributed by atoms with Gasteiger partial charge in [-0.1, -0.05) is 13.3 Å². The molecule has 1 amide bonds. The monoisotopic (exact) mass is 279 g/mol. The number of rotatable bonds is 5. The molecule has 0 aromatic rings. The molecule has 1 unspecified atom stereocenters. The molecule has 5 nitrogen and oxygen atoms in total. The number of piperazine rings is 1. The molecule has 0 aromatic heterocycles. The van der Waals surface area contributed by atoms with Gasteiger partial charge in [0.2, 0.25) is 5.91 Å². The minimum Gasteiger partial charge on any atom is -0.395 e. The molecule has 1 rings (SSSR count). The summed E-state index contributed by atoms with van der Waals surface area (Å²) in [6.45, 7) is 7.82. The van der Waals surface area contributed by atoms with Crippen molar-refractivity contribution >= 4 is 18.3 Å². The quantitative estimate of drug-likeness (QED) is 0.747. The number of carbonyl (C=O) groups excluding carboxylic acids is 1. The second-order valence-electron chi connectivity index (χ2n) is 5.02. The van der Waals surface area contributed by atoms with Crippen molar-refractivity contribution in [3.8, 4) is 0 Å². The van der Waals surface area contributed by atoms with E-state index in [1.165, 1.54) is 0 Å². The Morgan fingerprint density at radius 2 is 1.89 bits per heavy atom. The van der Waals surface area contributed by atoms with Crippen molar-refractivity contribution in [2.45, 2.75) is 32.2 Å². The molecule has 18 heavy (non-hydrogen) atoms. The lowest BCUT2D eigenvalue weighted by molar-refractivity contribution is -0.138. The fourth-order valence-electron chi connectivity index (χ4n) is 2.30. The van der Waals surface area contributed by atoms with E-state index in [9.17, 15) is 4.79 Å². The molecule has 0 aliphatic carbocycles. The summed E-state index contributed by atoms with van der Waals surface area (Å²) in [5, 5.41) is 8.85. The second-order valence-corrected chi connectivity index (χ2v) is 5.02. The summed E-state index contributed by atoms with van der Waals surface area (Å²) >= 11 is 0. The van der Waals surface area contributed by atoms with E-state index in [-0.39, 0.29) is 24.9 Å². The molecule has 6 heteroatoms. The van der Waals surface area contributed by atoms with Gasteiger partial charge in [-0.25, -0.2) is 0 Å². The SMILES string of the molecule is CCCC(C)(N)C(=O)N1CCN(CCO)CC1.Cl. The van der Waals surface area contributed by atoms with Crippen LogP contribution in [0.2, 0.25) is 0 Å². The number of aliphatic hydroxyl groups excluding tert-OH is 1. The van der Waals surface area contributed by atoms with Crippen LogP contribution < -0.4 is 5.73 Å². The van der Waals surface area contributed by atoms with E-state index < -0.39 is 5.54 Å². The van der Waals surface area contributed by atoms with Crippen LogP contribution >= 0.6 is 12.4 Å². The van der Waals surface area contributed by atoms with Crippen LogP contribution in [-0.4, -0.2) is 65.7 Å². The molecule has 1 fully saturated rings. The first-order chi connectivity index (χ1) is 8.01. The van der Waals surface area contributed by atoms with Crippen LogP contribution in [-0.2, 0) is 4.79 Å². The largest absolute Gasteiger partial charge is 0.395 e. The summed E-state index contributed by atoms with van der Waals surface area (Å²) in [4.78, 5) is 16.2. The van der Waals surface area contributed by atoms with Gasteiger partial charge in [-0.15, -0.1) is 12.4 Å². The normalized spacial score (nSPS) is 20.1. The smallest absolute Gasteiger partial charge is 0.242 e. The van der Waals surface area contributed by atoms with Gasteiger partial charge >= 0.3 is 0 Å². The van der Waals surface area contributed by atoms with Gasteiger partial charge in [0.1, 0.15) is 0 Å². The van der Waals surface area contributed by atoms with Gasteiger partial charge in [-0.3, -0.25) is 9.69 Å². The molecule has 3 N–H and O–H groups in total. The highest BCUT2D eigenvalue weighted by atomic mass is 35.5. The number of aliphatic hydroxyl groups is 1. The standard InChI is InChI=1S/C12H25N3O2.ClH/c1-3-4-12(2,13)11(17)15-7-5-14(6-8-15)9-10-16;/h16H,3-10,13H2,1-2H3;1H. The fraction of sp³-hybridized carbons (Fsp3) is 0.917. The average molecular weight is 280 g/mol. The molecule has 1 aliphatic rings. The van der Waals surface area contributed by atoms with Gasteiger partial charge in [0, 0.05) is 32.7 Å². The molecule has 0 bridgehead atoms. The molecule has 108 valence electrons. The maximum Gasteiger partial charge on any atom is 0.242 e. The summed E-state index contributed by atoms with van der Waals surface area (Å²) in [5.41, 5.74) is 5.32. The van der Waals surface area contributed by atoms with Crippen LogP contribution in [0.15, 0.2) is 0 Å². The Kier molecular flexibility index (Phi) is 7.78. The summed E-state index contributed by atoms with van der Waals surface area (Å²) in [7, 11) is 0. The van der Waals surface area contributed by atoms with Gasteiger partial charge in [0.15, 0.2) is 0 Å². The third-order valence-corrected chi connectivity index (χ3v) is 3.33. The van der Waals surface area contributed by atoms with E-state index in [4.69, 9.17) is 10.8 Å². The van der Waals surface area contributed by atoms with E-state index >= 15 is 0 Å². The van der Waals surface area contributed by atoms with E-state index in [1.54, 1.807) is 0 Å². The van der Waals surface area contributed by atoms with Gasteiger partial charge in [0.25, 0.3) is 0 Å². The van der Waals surface area contributed by atoms with Crippen molar-refractivity contribution in [2.24, 2.45) is 5.73 Å². The number of nitrogens with two attached hydrogens (primary N) is 1. The summed E-state index contributed by atoms with van der Waals surface area (Å²) in [6.07, 6.45) is 1.64. The van der Waals surface area contributed by atoms with Gasteiger partial charge in [-0.2, -0.15) is 0 Å². The highest BCUT2D eigenvalue weighted by molar-refractivity contribution is 5.86. The second kappa shape index (κ2) is 7.94. The Morgan fingerprint density at radius 3 is 2.33 bits per heavy atom. The molecule has 1 aliphatic heterocycles. The zero-order valence-corrected chi connectivity index (χ0v) is 12.2. The molecule has 0 aromatic carbocycles. The van der Waals surface area contributed by atoms with Gasteiger partial charge in [-0.05, 0) is 13.3 Å². The first kappa shape index (κ1) is 17.6. The Morgan fingerprint density at radius 1 is 1.33 bits per heavy atom. The van der Waals surface area contributed by atoms with Crippen molar-refractivity contribution < 1.29 is 9.90 Å². The van der Waals surface area contributed by atoms with E-state index in [2.05, 4.69) is 4.90 Å². The predicted molar refractivity (Wildman–Crippen MR) is 74.9 cm³/mol. The molecule has 1 saturated heterocycles. The molecular formula is C12H26ClN3O2. The van der Waals surface area contributed by atoms with Crippen molar-refractivity contribution in [1.29, 1.82) is 0 Å². The Bertz CT molecular complexity index is 254. The van der Waals surface area contributed by atoms with Gasteiger partial charge < -0.3 is 15.7 Å². The number of amides is 1. The van der Waals surface area contributed by atoms with E-state index in [0.717, 1.165) is 39.0 Å². The molecule has 1 atom stereocenters. The Balaban J connectivity index is 0.00000289. The third kappa shape index (κ3) is 4.72. The predicted octanol–water partition coefficient (Wildman–Crippen LogP) is 0.0622. The van der Waals surface area contributed by atoms with Crippen molar-refractivity contribution in [3.05, 3.63) is 0 Å². The van der Waals surface area contributed by atoms with Crippen LogP contribution in [0.1, 0.15) is 26.7 Å². The van der Waals surface area contributed by atoms with Crippen LogP contribution in [0, 0.1) is 0 Å². The first-order valence-corrected chi connectivity index (χ1v) is 6.42. The highest BCUT2D eigenvalue weighted by Crippen LogP contribution is 2.14. The highest BCUT2D eigenvalue weighted by Gasteiger charge is 2.33. The Hall–Kier alpha value is -0.360. The fourth-order valence-corrected chi connectivity index (χ4v) is 2.30. The van der Waals surface area contributed by atoms with Gasteiger partial charge in [0.05, 0.1) is 12.1 Å². The van der Waals surface area contributed by atoms with E-state index in [1.807, 2.05) is 18.7 Å². The average Bonchev–Trinajstić information content (AvgIpc) is 2.29. The molecule has 0 saturated carbocycles. The third-order valence-electron chi connectivity index (χ3n) is 3.33. The van der Waals surface area contributed by atoms with Crippen molar-refractivity contribution in [1.82, 2.24) is 9.80 Å². The number of nitrogens with zero attached hydrogens (tertiary/aromatic N) is 2. The number of hydrogen-bond acceptors (Lipinski definition) is 4. The van der Waals surface area contributed by atoms with Crippen molar-refractivity contribution in [3.63, 3.8) is 0 Å². The number of carbonyl (C=O) groups is 1. The summed E-state index contributed by atoms with van der Waals surface area (Å²) < 4.78 is 0. The molecule has 0 radical (unpaired) electrons. The first-order valence-electron chi connectivity index (χ1n) is 6.42. The number of hydrogen-bond donors (Lipinski definition) is 2. The zero-order chi connectivity index (χ0) is 12.9. The van der Waals surface area contributed by atoms with Crippen molar-refractivity contribution in [2.75, 3.05) is 39.3 Å². The number of β-amino-alcohol motifs (C(OH)–C–C–N with tert-alkyl or cyclic N) is 1. The molecular weight excluding hydrogens is 254 g/mol. The summed E-state index contributed by atoms with van der Waals surface area (Å²) in [5.74, 6) is 0.0583. The maximum atomic E-state index is 12.2. The number of halogens is 1. The van der Waals surface area contributed by atoms with Crippen LogP contribution in [0.3, 0.4) is 0 Å². The lowest BCUT2D eigenvalue weighted by Gasteiger charge is -2.38. The van der Waals surface area contributed by atoms with Crippen LogP contribution in [0.5, 0.6) is 0 Å². The Labute approximate surface area is 116 Å². The summed E-state index contributed by atoms with van der Waals surface area (Å²) in [6, 6.07) is 0.